The number of rotatable bonds is 2. The summed E-state index contributed by atoms with van der Waals surface area (Å²) in [6, 6.07) is 12.5. The van der Waals surface area contributed by atoms with Crippen molar-refractivity contribution in [2.24, 2.45) is 0 Å². The third-order valence-electron chi connectivity index (χ3n) is 3.90. The molecule has 4 heteroatoms. The third kappa shape index (κ3) is 2.26. The van der Waals surface area contributed by atoms with Crippen LogP contribution >= 0.6 is 0 Å². The van der Waals surface area contributed by atoms with Crippen molar-refractivity contribution in [2.75, 3.05) is 24.7 Å². The number of anilines is 2. The number of nitrogen functional groups attached to an aromatic ring is 1. The van der Waals surface area contributed by atoms with Gasteiger partial charge in [0.05, 0.1) is 10.9 Å². The van der Waals surface area contributed by atoms with E-state index in [0.717, 1.165) is 22.3 Å². The van der Waals surface area contributed by atoms with Crippen molar-refractivity contribution in [1.82, 2.24) is 9.97 Å². The molecule has 0 radical (unpaired) electrons. The van der Waals surface area contributed by atoms with Crippen LogP contribution < -0.4 is 10.6 Å². The second-order valence-corrected chi connectivity index (χ2v) is 5.77. The Kier molecular flexibility index (Phi) is 3.45. The molecule has 0 aliphatic carbocycles. The summed E-state index contributed by atoms with van der Waals surface area (Å²) in [6.45, 7) is 4.27. The highest BCUT2D eigenvalue weighted by Crippen LogP contribution is 2.36. The molecular weight excluding hydrogens is 272 g/mol. The largest absolute Gasteiger partial charge is 0.368 e. The first-order chi connectivity index (χ1) is 10.5. The monoisotopic (exact) mass is 292 g/mol. The van der Waals surface area contributed by atoms with Gasteiger partial charge in [0, 0.05) is 14.1 Å². The van der Waals surface area contributed by atoms with Crippen LogP contribution in [-0.4, -0.2) is 24.1 Å². The maximum atomic E-state index is 5.86. The van der Waals surface area contributed by atoms with Crippen LogP contribution in [0.15, 0.2) is 36.4 Å². The quantitative estimate of drug-likeness (QED) is 0.784. The van der Waals surface area contributed by atoms with E-state index in [0.29, 0.717) is 5.95 Å². The summed E-state index contributed by atoms with van der Waals surface area (Å²) in [5.41, 5.74) is 11.6. The molecule has 0 aliphatic rings. The molecule has 0 bridgehead atoms. The predicted octanol–water partition coefficient (Wildman–Crippen LogP) is 3.56. The van der Waals surface area contributed by atoms with E-state index >= 15 is 0 Å². The Bertz CT molecular complexity index is 833. The van der Waals surface area contributed by atoms with Crippen molar-refractivity contribution in [3.05, 3.63) is 47.5 Å². The van der Waals surface area contributed by atoms with Gasteiger partial charge in [-0.3, -0.25) is 0 Å². The molecule has 0 saturated carbocycles. The van der Waals surface area contributed by atoms with Crippen molar-refractivity contribution in [2.45, 2.75) is 13.8 Å². The Morgan fingerprint density at radius 3 is 2.18 bits per heavy atom. The lowest BCUT2D eigenvalue weighted by molar-refractivity contribution is 1.07. The summed E-state index contributed by atoms with van der Waals surface area (Å²) < 4.78 is 0. The summed E-state index contributed by atoms with van der Waals surface area (Å²) in [6.07, 6.45) is 0. The summed E-state index contributed by atoms with van der Waals surface area (Å²) in [5.74, 6) is 1.15. The Morgan fingerprint density at radius 1 is 0.909 bits per heavy atom. The van der Waals surface area contributed by atoms with E-state index in [1.165, 1.54) is 16.7 Å². The molecule has 1 aromatic heterocycles. The van der Waals surface area contributed by atoms with Gasteiger partial charge in [-0.15, -0.1) is 0 Å². The molecule has 0 atom stereocenters. The fourth-order valence-electron chi connectivity index (χ4n) is 2.95. The average Bonchev–Trinajstić information content (AvgIpc) is 2.46. The molecule has 112 valence electrons. The summed E-state index contributed by atoms with van der Waals surface area (Å²) in [5, 5.41) is 1.04. The molecular formula is C18H20N4. The number of aryl methyl sites for hydroxylation is 2. The minimum atomic E-state index is 0.301. The second-order valence-electron chi connectivity index (χ2n) is 5.77. The van der Waals surface area contributed by atoms with Crippen LogP contribution in [0.4, 0.5) is 11.8 Å². The first kappa shape index (κ1) is 14.3. The Balaban J connectivity index is 2.45. The van der Waals surface area contributed by atoms with E-state index in [4.69, 9.17) is 5.73 Å². The highest BCUT2D eigenvalue weighted by molar-refractivity contribution is 6.03. The topological polar surface area (TPSA) is 55.0 Å². The van der Waals surface area contributed by atoms with Gasteiger partial charge in [-0.25, -0.2) is 4.98 Å². The molecule has 3 rings (SSSR count). The van der Waals surface area contributed by atoms with E-state index in [-0.39, 0.29) is 0 Å². The number of hydrogen-bond donors (Lipinski definition) is 1. The van der Waals surface area contributed by atoms with Gasteiger partial charge in [-0.05, 0) is 42.2 Å². The standard InChI is InChI=1S/C18H20N4/c1-11-7-5-8-12(2)15(11)13-9-6-10-14-16(13)17(22(3)4)21-18(19)20-14/h5-10H,1-4H3,(H2,19,20,21). The molecule has 0 saturated heterocycles. The zero-order valence-corrected chi connectivity index (χ0v) is 13.4. The predicted molar refractivity (Wildman–Crippen MR) is 93.2 cm³/mol. The van der Waals surface area contributed by atoms with Crippen LogP contribution in [0.3, 0.4) is 0 Å². The Morgan fingerprint density at radius 2 is 1.55 bits per heavy atom. The van der Waals surface area contributed by atoms with Gasteiger partial charge in [-0.2, -0.15) is 4.98 Å². The van der Waals surface area contributed by atoms with Crippen molar-refractivity contribution < 1.29 is 0 Å². The lowest BCUT2D eigenvalue weighted by Gasteiger charge is -2.18. The first-order valence-electron chi connectivity index (χ1n) is 7.29. The van der Waals surface area contributed by atoms with E-state index in [1.807, 2.05) is 31.1 Å². The van der Waals surface area contributed by atoms with Crippen molar-refractivity contribution in [1.29, 1.82) is 0 Å². The van der Waals surface area contributed by atoms with Crippen LogP contribution in [0, 0.1) is 13.8 Å². The minimum Gasteiger partial charge on any atom is -0.368 e. The molecule has 0 spiro atoms. The maximum Gasteiger partial charge on any atom is 0.222 e. The Hall–Kier alpha value is -2.62. The van der Waals surface area contributed by atoms with Gasteiger partial charge < -0.3 is 10.6 Å². The number of fused-ring (bicyclic) bond motifs is 1. The summed E-state index contributed by atoms with van der Waals surface area (Å²) >= 11 is 0. The number of benzene rings is 2. The molecule has 0 aliphatic heterocycles. The lowest BCUT2D eigenvalue weighted by atomic mass is 9.93. The number of hydrogen-bond acceptors (Lipinski definition) is 4. The fourth-order valence-corrected chi connectivity index (χ4v) is 2.95. The molecule has 22 heavy (non-hydrogen) atoms. The van der Waals surface area contributed by atoms with Gasteiger partial charge in [0.25, 0.3) is 0 Å². The van der Waals surface area contributed by atoms with Crippen LogP contribution in [0.2, 0.25) is 0 Å². The van der Waals surface area contributed by atoms with Crippen LogP contribution in [-0.2, 0) is 0 Å². The molecule has 0 amide bonds. The van der Waals surface area contributed by atoms with Crippen molar-refractivity contribution in [3.8, 4) is 11.1 Å². The summed E-state index contributed by atoms with van der Waals surface area (Å²) in [4.78, 5) is 10.8. The van der Waals surface area contributed by atoms with Gasteiger partial charge in [0.15, 0.2) is 0 Å². The van der Waals surface area contributed by atoms with Gasteiger partial charge in [0.1, 0.15) is 5.82 Å². The van der Waals surface area contributed by atoms with Crippen LogP contribution in [0.25, 0.3) is 22.0 Å². The number of nitrogens with zero attached hydrogens (tertiary/aromatic N) is 3. The number of aromatic nitrogens is 2. The third-order valence-corrected chi connectivity index (χ3v) is 3.90. The molecule has 2 aromatic carbocycles. The highest BCUT2D eigenvalue weighted by atomic mass is 15.2. The lowest BCUT2D eigenvalue weighted by Crippen LogP contribution is -2.13. The van der Waals surface area contributed by atoms with E-state index < -0.39 is 0 Å². The first-order valence-corrected chi connectivity index (χ1v) is 7.29. The second kappa shape index (κ2) is 5.30. The van der Waals surface area contributed by atoms with E-state index in [1.54, 1.807) is 0 Å². The highest BCUT2D eigenvalue weighted by Gasteiger charge is 2.15. The van der Waals surface area contributed by atoms with Crippen molar-refractivity contribution >= 4 is 22.7 Å². The van der Waals surface area contributed by atoms with Gasteiger partial charge in [-0.1, -0.05) is 30.3 Å². The van der Waals surface area contributed by atoms with Gasteiger partial charge >= 0.3 is 0 Å². The van der Waals surface area contributed by atoms with Crippen LogP contribution in [0.5, 0.6) is 0 Å². The smallest absolute Gasteiger partial charge is 0.222 e. The number of nitrogens with two attached hydrogens (primary N) is 1. The summed E-state index contributed by atoms with van der Waals surface area (Å²) in [7, 11) is 3.95. The van der Waals surface area contributed by atoms with Crippen LogP contribution in [0.1, 0.15) is 11.1 Å². The fraction of sp³-hybridized carbons (Fsp3) is 0.222. The molecule has 4 nitrogen and oxygen atoms in total. The van der Waals surface area contributed by atoms with Gasteiger partial charge in [0.2, 0.25) is 5.95 Å². The molecule has 2 N–H and O–H groups in total. The average molecular weight is 292 g/mol. The van der Waals surface area contributed by atoms with E-state index in [9.17, 15) is 0 Å². The Labute approximate surface area is 130 Å². The molecule has 0 fully saturated rings. The molecule has 0 unspecified atom stereocenters. The minimum absolute atomic E-state index is 0.301. The molecule has 1 heterocycles. The molecule has 3 aromatic rings. The normalized spacial score (nSPS) is 10.9. The zero-order chi connectivity index (χ0) is 15.9. The maximum absolute atomic E-state index is 5.86. The van der Waals surface area contributed by atoms with E-state index in [2.05, 4.69) is 48.1 Å². The SMILES string of the molecule is Cc1cccc(C)c1-c1cccc2nc(N)nc(N(C)C)c12. The van der Waals surface area contributed by atoms with Crippen molar-refractivity contribution in [3.63, 3.8) is 0 Å². The zero-order valence-electron chi connectivity index (χ0n) is 13.4.